The van der Waals surface area contributed by atoms with Crippen LogP contribution in [0.15, 0.2) is 52.5 Å². The van der Waals surface area contributed by atoms with Crippen LogP contribution in [0.5, 0.6) is 0 Å². The Morgan fingerprint density at radius 1 is 1.20 bits per heavy atom. The minimum atomic E-state index is -0.314. The molecule has 76 valence electrons. The average Bonchev–Trinajstić information content (AvgIpc) is 2.24. The van der Waals surface area contributed by atoms with E-state index in [2.05, 4.69) is 4.98 Å². The van der Waals surface area contributed by atoms with E-state index in [9.17, 15) is 4.39 Å². The van der Waals surface area contributed by atoms with Crippen molar-refractivity contribution in [2.75, 3.05) is 5.73 Å². The van der Waals surface area contributed by atoms with E-state index in [1.165, 1.54) is 17.8 Å². The smallest absolute Gasteiger partial charge is 0.139 e. The van der Waals surface area contributed by atoms with E-state index >= 15 is 0 Å². The number of nitrogen functional groups attached to an aromatic ring is 1. The first-order valence-corrected chi connectivity index (χ1v) is 5.21. The topological polar surface area (TPSA) is 38.9 Å². The van der Waals surface area contributed by atoms with E-state index < -0.39 is 0 Å². The third kappa shape index (κ3) is 2.47. The summed E-state index contributed by atoms with van der Waals surface area (Å²) in [5, 5.41) is 0.765. The zero-order valence-corrected chi connectivity index (χ0v) is 8.67. The van der Waals surface area contributed by atoms with Gasteiger partial charge in [0.1, 0.15) is 10.8 Å². The van der Waals surface area contributed by atoms with Gasteiger partial charge in [-0.15, -0.1) is 0 Å². The molecule has 0 atom stereocenters. The minimum absolute atomic E-state index is 0.314. The molecular formula is C11H9FN2S. The first-order valence-electron chi connectivity index (χ1n) is 4.39. The van der Waals surface area contributed by atoms with E-state index in [4.69, 9.17) is 5.73 Å². The fourth-order valence-electron chi connectivity index (χ4n) is 1.12. The fourth-order valence-corrected chi connectivity index (χ4v) is 1.90. The molecule has 1 aromatic heterocycles. The Morgan fingerprint density at radius 3 is 2.73 bits per heavy atom. The molecule has 0 saturated carbocycles. The molecule has 0 aliphatic heterocycles. The van der Waals surface area contributed by atoms with E-state index in [1.807, 2.05) is 18.2 Å². The highest BCUT2D eigenvalue weighted by molar-refractivity contribution is 7.99. The molecule has 0 unspecified atom stereocenters. The molecule has 0 aliphatic carbocycles. The van der Waals surface area contributed by atoms with E-state index in [1.54, 1.807) is 18.3 Å². The molecule has 4 heteroatoms. The lowest BCUT2D eigenvalue weighted by Gasteiger charge is -2.02. The number of aromatic nitrogens is 1. The molecule has 0 bridgehead atoms. The summed E-state index contributed by atoms with van der Waals surface area (Å²) in [6.45, 7) is 0. The van der Waals surface area contributed by atoms with Crippen molar-refractivity contribution in [2.24, 2.45) is 0 Å². The molecule has 0 saturated heterocycles. The lowest BCUT2D eigenvalue weighted by atomic mass is 10.3. The van der Waals surface area contributed by atoms with Crippen molar-refractivity contribution in [3.63, 3.8) is 0 Å². The zero-order chi connectivity index (χ0) is 10.7. The third-order valence-corrected chi connectivity index (χ3v) is 2.81. The van der Waals surface area contributed by atoms with Crippen molar-refractivity contribution in [3.8, 4) is 0 Å². The van der Waals surface area contributed by atoms with Gasteiger partial charge < -0.3 is 5.73 Å². The normalized spacial score (nSPS) is 10.2. The molecule has 1 aromatic carbocycles. The van der Waals surface area contributed by atoms with Crippen LogP contribution in [0, 0.1) is 5.82 Å². The second kappa shape index (κ2) is 4.31. The molecule has 2 N–H and O–H groups in total. The largest absolute Gasteiger partial charge is 0.399 e. The van der Waals surface area contributed by atoms with Crippen molar-refractivity contribution in [3.05, 3.63) is 48.4 Å². The number of nitrogens with zero attached hydrogens (tertiary/aromatic N) is 1. The zero-order valence-electron chi connectivity index (χ0n) is 7.85. The van der Waals surface area contributed by atoms with Gasteiger partial charge in [-0.3, -0.25) is 0 Å². The van der Waals surface area contributed by atoms with Crippen LogP contribution in [0.25, 0.3) is 0 Å². The van der Waals surface area contributed by atoms with E-state index in [0.717, 1.165) is 5.03 Å². The molecule has 2 nitrogen and oxygen atoms in total. The minimum Gasteiger partial charge on any atom is -0.399 e. The lowest BCUT2D eigenvalue weighted by Crippen LogP contribution is -1.88. The summed E-state index contributed by atoms with van der Waals surface area (Å²) in [6.07, 6.45) is 1.68. The maximum atomic E-state index is 13.4. The van der Waals surface area contributed by atoms with Gasteiger partial charge in [0, 0.05) is 16.8 Å². The number of pyridine rings is 1. The molecule has 15 heavy (non-hydrogen) atoms. The summed E-state index contributed by atoms with van der Waals surface area (Å²) in [5.74, 6) is -0.314. The van der Waals surface area contributed by atoms with Crippen LogP contribution in [0.2, 0.25) is 0 Å². The maximum absolute atomic E-state index is 13.4. The summed E-state index contributed by atoms with van der Waals surface area (Å²) >= 11 is 1.28. The highest BCUT2D eigenvalue weighted by Gasteiger charge is 2.04. The Labute approximate surface area is 91.3 Å². The molecule has 0 fully saturated rings. The monoisotopic (exact) mass is 220 g/mol. The van der Waals surface area contributed by atoms with Gasteiger partial charge in [0.15, 0.2) is 0 Å². The Morgan fingerprint density at radius 2 is 2.07 bits per heavy atom. The maximum Gasteiger partial charge on any atom is 0.139 e. The number of nitrogens with two attached hydrogens (primary N) is 1. The number of halogens is 1. The number of hydrogen-bond donors (Lipinski definition) is 1. The Bertz CT molecular complexity index is 459. The predicted molar refractivity (Wildman–Crippen MR) is 59.2 cm³/mol. The summed E-state index contributed by atoms with van der Waals surface area (Å²) < 4.78 is 13.4. The summed E-state index contributed by atoms with van der Waals surface area (Å²) in [7, 11) is 0. The first kappa shape index (κ1) is 9.98. The van der Waals surface area contributed by atoms with Crippen LogP contribution in [0.1, 0.15) is 0 Å². The Hall–Kier alpha value is -1.55. The average molecular weight is 220 g/mol. The van der Waals surface area contributed by atoms with Crippen molar-refractivity contribution in [2.45, 2.75) is 9.92 Å². The van der Waals surface area contributed by atoms with Crippen molar-refractivity contribution in [1.29, 1.82) is 0 Å². The van der Waals surface area contributed by atoms with E-state index in [-0.39, 0.29) is 5.82 Å². The summed E-state index contributed by atoms with van der Waals surface area (Å²) in [5.41, 5.74) is 5.88. The highest BCUT2D eigenvalue weighted by atomic mass is 32.2. The van der Waals surface area contributed by atoms with Crippen LogP contribution in [0.3, 0.4) is 0 Å². The van der Waals surface area contributed by atoms with Gasteiger partial charge in [0.05, 0.1) is 0 Å². The molecule has 0 amide bonds. The number of benzene rings is 1. The van der Waals surface area contributed by atoms with Gasteiger partial charge >= 0.3 is 0 Å². The van der Waals surface area contributed by atoms with E-state index in [0.29, 0.717) is 10.6 Å². The number of hydrogen-bond acceptors (Lipinski definition) is 3. The van der Waals surface area contributed by atoms with Crippen molar-refractivity contribution in [1.82, 2.24) is 4.98 Å². The molecule has 0 radical (unpaired) electrons. The number of anilines is 1. The second-order valence-electron chi connectivity index (χ2n) is 2.96. The van der Waals surface area contributed by atoms with Crippen LogP contribution in [0.4, 0.5) is 10.1 Å². The van der Waals surface area contributed by atoms with Gasteiger partial charge in [0.2, 0.25) is 0 Å². The standard InChI is InChI=1S/C11H9FN2S/c12-9-7-8(13)4-5-10(9)15-11-3-1-2-6-14-11/h1-7H,13H2. The predicted octanol–water partition coefficient (Wildman–Crippen LogP) is 2.95. The molecule has 2 rings (SSSR count). The molecule has 1 heterocycles. The van der Waals surface area contributed by atoms with Crippen molar-refractivity contribution < 1.29 is 4.39 Å². The second-order valence-corrected chi connectivity index (χ2v) is 4.02. The van der Waals surface area contributed by atoms with Gasteiger partial charge in [-0.1, -0.05) is 17.8 Å². The highest BCUT2D eigenvalue weighted by Crippen LogP contribution is 2.28. The molecule has 0 aliphatic rings. The molecule has 2 aromatic rings. The summed E-state index contributed by atoms with van der Waals surface area (Å²) in [4.78, 5) is 4.63. The van der Waals surface area contributed by atoms with Crippen LogP contribution in [-0.4, -0.2) is 4.98 Å². The third-order valence-electron chi connectivity index (χ3n) is 1.81. The van der Waals surface area contributed by atoms with Gasteiger partial charge in [-0.05, 0) is 30.3 Å². The lowest BCUT2D eigenvalue weighted by molar-refractivity contribution is 0.602. The number of rotatable bonds is 2. The first-order chi connectivity index (χ1) is 7.25. The quantitative estimate of drug-likeness (QED) is 0.791. The van der Waals surface area contributed by atoms with Gasteiger partial charge in [-0.2, -0.15) is 0 Å². The van der Waals surface area contributed by atoms with Crippen LogP contribution < -0.4 is 5.73 Å². The van der Waals surface area contributed by atoms with Crippen LogP contribution >= 0.6 is 11.8 Å². The van der Waals surface area contributed by atoms with Crippen molar-refractivity contribution >= 4 is 17.4 Å². The molecule has 0 spiro atoms. The Balaban J connectivity index is 2.25. The van der Waals surface area contributed by atoms with Crippen LogP contribution in [-0.2, 0) is 0 Å². The van der Waals surface area contributed by atoms with Gasteiger partial charge in [-0.25, -0.2) is 9.37 Å². The van der Waals surface area contributed by atoms with Gasteiger partial charge in [0.25, 0.3) is 0 Å². The fraction of sp³-hybridized carbons (Fsp3) is 0. The Kier molecular flexibility index (Phi) is 2.87. The SMILES string of the molecule is Nc1ccc(Sc2ccccn2)c(F)c1. The molecular weight excluding hydrogens is 211 g/mol. The summed E-state index contributed by atoms with van der Waals surface area (Å²) in [6, 6.07) is 10.2.